The molecular weight excluding hydrogens is 1160 g/mol. The number of likely N-dealkylation sites (tertiary alicyclic amines) is 1. The number of anilines is 1. The number of hydrogen-bond acceptors (Lipinski definition) is 18. The predicted molar refractivity (Wildman–Crippen MR) is 317 cm³/mol. The van der Waals surface area contributed by atoms with Gasteiger partial charge in [-0.05, 0) is 83.2 Å². The van der Waals surface area contributed by atoms with Crippen LogP contribution in [0.5, 0.6) is 11.5 Å². The van der Waals surface area contributed by atoms with E-state index >= 15 is 18.4 Å². The molecular formula is C65H73F3N6O15. The summed E-state index contributed by atoms with van der Waals surface area (Å²) in [5.74, 6) is -14.6. The van der Waals surface area contributed by atoms with E-state index in [0.717, 1.165) is 48.1 Å². The number of ketones is 3. The number of aromatic nitrogens is 2. The molecule has 21 nitrogen and oxygen atoms in total. The first-order chi connectivity index (χ1) is 42.0. The number of aliphatic hydroxyl groups excluding tert-OH is 2. The van der Waals surface area contributed by atoms with E-state index in [2.05, 4.69) is 15.2 Å². The van der Waals surface area contributed by atoms with Crippen LogP contribution in [0.15, 0.2) is 82.8 Å². The number of fused-ring (bicyclic) bond motifs is 15. The first-order valence-electron chi connectivity index (χ1n) is 29.8. The molecule has 3 fully saturated rings. The first-order valence-corrected chi connectivity index (χ1v) is 29.8. The third-order valence-corrected chi connectivity index (χ3v) is 19.3. The number of piperidine rings is 1. The van der Waals surface area contributed by atoms with Gasteiger partial charge in [-0.15, -0.1) is 0 Å². The van der Waals surface area contributed by atoms with Gasteiger partial charge in [0, 0.05) is 106 Å². The normalized spacial score (nSPS) is 27.7. The highest BCUT2D eigenvalue weighted by Gasteiger charge is 2.57. The van der Waals surface area contributed by atoms with E-state index in [4.69, 9.17) is 18.9 Å². The highest BCUT2D eigenvalue weighted by atomic mass is 19.1. The van der Waals surface area contributed by atoms with Crippen molar-refractivity contribution in [1.82, 2.24) is 24.7 Å². The van der Waals surface area contributed by atoms with Crippen molar-refractivity contribution in [3.05, 3.63) is 133 Å². The van der Waals surface area contributed by atoms with Crippen LogP contribution in [-0.2, 0) is 23.8 Å². The number of carbonyl (C=O) groups is 6. The number of pyridine rings is 2. The van der Waals surface area contributed by atoms with Gasteiger partial charge in [0.15, 0.2) is 17.3 Å². The van der Waals surface area contributed by atoms with Crippen LogP contribution >= 0.6 is 0 Å². The Morgan fingerprint density at radius 1 is 0.865 bits per heavy atom. The number of aromatic hydroxyl groups is 1. The van der Waals surface area contributed by atoms with Crippen molar-refractivity contribution >= 4 is 52.0 Å². The number of Topliss-reactive ketones (excluding diaryl/α,β-unsaturated/α-hetero) is 3. The van der Waals surface area contributed by atoms with E-state index in [-0.39, 0.29) is 75.9 Å². The van der Waals surface area contributed by atoms with Crippen LogP contribution in [0.25, 0.3) is 16.7 Å². The smallest absolute Gasteiger partial charge is 0.341 e. The van der Waals surface area contributed by atoms with Gasteiger partial charge in [-0.1, -0.05) is 45.9 Å². The van der Waals surface area contributed by atoms with Gasteiger partial charge < -0.3 is 54.5 Å². The lowest BCUT2D eigenvalue weighted by Gasteiger charge is -2.44. The summed E-state index contributed by atoms with van der Waals surface area (Å²) in [5.41, 5.74) is -4.61. The van der Waals surface area contributed by atoms with E-state index < -0.39 is 145 Å². The average molecular weight is 1240 g/mol. The molecule has 2 aliphatic carbocycles. The zero-order valence-corrected chi connectivity index (χ0v) is 51.1. The zero-order valence-electron chi connectivity index (χ0n) is 51.1. The van der Waals surface area contributed by atoms with E-state index in [9.17, 15) is 48.8 Å². The summed E-state index contributed by atoms with van der Waals surface area (Å²) in [5, 5.41) is 47.3. The van der Waals surface area contributed by atoms with Crippen LogP contribution < -0.4 is 20.4 Å². The summed E-state index contributed by atoms with van der Waals surface area (Å²) >= 11 is 0. The summed E-state index contributed by atoms with van der Waals surface area (Å²) in [6.07, 6.45) is 7.01. The van der Waals surface area contributed by atoms with Crippen LogP contribution in [0.2, 0.25) is 0 Å². The van der Waals surface area contributed by atoms with Crippen LogP contribution in [0.4, 0.5) is 19.0 Å². The zero-order chi connectivity index (χ0) is 64.6. The molecule has 474 valence electrons. The van der Waals surface area contributed by atoms with Crippen molar-refractivity contribution in [2.45, 2.75) is 129 Å². The van der Waals surface area contributed by atoms with Gasteiger partial charge in [-0.3, -0.25) is 38.2 Å². The number of ether oxygens (including phenoxy) is 4. The molecule has 7 heterocycles. The van der Waals surface area contributed by atoms with Gasteiger partial charge in [0.1, 0.15) is 46.2 Å². The number of carboxylic acid groups (broad SMARTS) is 1. The van der Waals surface area contributed by atoms with E-state index in [1.807, 2.05) is 7.05 Å². The molecule has 11 rings (SSSR count). The van der Waals surface area contributed by atoms with Crippen molar-refractivity contribution in [2.75, 3.05) is 45.2 Å². The quantitative estimate of drug-likeness (QED) is 0.103. The number of phenols is 1. The summed E-state index contributed by atoms with van der Waals surface area (Å²) in [6, 6.07) is 3.40. The van der Waals surface area contributed by atoms with Crippen molar-refractivity contribution in [3.8, 4) is 17.2 Å². The minimum Gasteiger partial charge on any atom is -0.507 e. The Morgan fingerprint density at radius 2 is 1.55 bits per heavy atom. The minimum atomic E-state index is -2.18. The lowest BCUT2D eigenvalue weighted by molar-refractivity contribution is -0.160. The average Bonchev–Trinajstić information content (AvgIpc) is 1.70. The molecule has 10 atom stereocenters. The molecule has 89 heavy (non-hydrogen) atoms. The van der Waals surface area contributed by atoms with Gasteiger partial charge >= 0.3 is 17.7 Å². The Kier molecular flexibility index (Phi) is 17.4. The lowest BCUT2D eigenvalue weighted by Crippen LogP contribution is -2.52. The van der Waals surface area contributed by atoms with Crippen molar-refractivity contribution in [2.24, 2.45) is 29.6 Å². The molecule has 2 aromatic carbocycles. The van der Waals surface area contributed by atoms with Gasteiger partial charge in [0.05, 0.1) is 52.3 Å². The fourth-order valence-electron chi connectivity index (χ4n) is 13.8. The number of methoxy groups -OCH3 is 1. The Bertz CT molecular complexity index is 3810. The molecule has 2 saturated heterocycles. The molecule has 5 N–H and O–H groups in total. The second-order valence-corrected chi connectivity index (χ2v) is 24.7. The summed E-state index contributed by atoms with van der Waals surface area (Å²) in [7, 11) is 3.41. The number of rotatable bonds is 9. The van der Waals surface area contributed by atoms with Crippen molar-refractivity contribution < 1.29 is 81.3 Å². The molecule has 5 aliphatic heterocycles. The number of hydrogen-bond donors (Lipinski definition) is 5. The van der Waals surface area contributed by atoms with Gasteiger partial charge in [0.2, 0.25) is 17.0 Å². The van der Waals surface area contributed by atoms with E-state index in [0.29, 0.717) is 38.4 Å². The summed E-state index contributed by atoms with van der Waals surface area (Å²) in [4.78, 5) is 108. The largest absolute Gasteiger partial charge is 0.507 e. The van der Waals surface area contributed by atoms with Gasteiger partial charge in [-0.2, -0.15) is 0 Å². The second-order valence-electron chi connectivity index (χ2n) is 24.7. The number of phenolic OH excluding ortho intramolecular Hbond substituents is 1. The van der Waals surface area contributed by atoms with E-state index in [1.165, 1.54) is 47.0 Å². The fraction of sp³-hybridized carbons (Fsp3) is 0.477. The number of aromatic carboxylic acids is 1. The second kappa shape index (κ2) is 24.3. The molecule has 24 heteroatoms. The lowest BCUT2D eigenvalue weighted by atomic mass is 9.78. The third-order valence-electron chi connectivity index (χ3n) is 19.3. The number of esters is 1. The molecule has 1 amide bonds. The Morgan fingerprint density at radius 3 is 2.19 bits per heavy atom. The third kappa shape index (κ3) is 11.3. The Hall–Kier alpha value is -8.19. The number of amides is 1. The number of carbonyl (C=O) groups excluding carboxylic acids is 5. The molecule has 5 bridgehead atoms. The first kappa shape index (κ1) is 63.8. The number of halogens is 3. The maximum absolute atomic E-state index is 16.3. The molecule has 2 aromatic heterocycles. The Labute approximate surface area is 511 Å². The topological polar surface area (TPSA) is 277 Å². The Balaban J connectivity index is 0.948. The predicted octanol–water partition coefficient (Wildman–Crippen LogP) is 7.23. The number of allylic oxidation sites excluding steroid dienone is 4. The summed E-state index contributed by atoms with van der Waals surface area (Å²) < 4.78 is 70.5. The number of nitrogens with zero attached hydrogens (tertiary/aromatic N) is 5. The molecule has 1 unspecified atom stereocenters. The van der Waals surface area contributed by atoms with Crippen LogP contribution in [0.1, 0.15) is 128 Å². The molecule has 1 saturated carbocycles. The van der Waals surface area contributed by atoms with Crippen molar-refractivity contribution in [1.29, 1.82) is 0 Å². The molecule has 0 radical (unpaired) electrons. The maximum atomic E-state index is 16.3. The monoisotopic (exact) mass is 1230 g/mol. The number of carboxylic acids is 1. The summed E-state index contributed by atoms with van der Waals surface area (Å²) in [6.45, 7) is 13.2. The van der Waals surface area contributed by atoms with Crippen LogP contribution in [-0.4, -0.2) is 157 Å². The highest BCUT2D eigenvalue weighted by Crippen LogP contribution is 2.53. The van der Waals surface area contributed by atoms with Crippen molar-refractivity contribution in [3.63, 3.8) is 0 Å². The standard InChI is InChI=1S/C65H73F3N6O15/c1-30-12-11-13-31(2)62(83)69-49-50(56(81)46-47(55(49)80)53(78)35(6)58-48(46)59(82)64(8,89-58)87-25-19-45(86-10)32(3)57(88-36(7)75)34(5)52(77)33(4)51(30)76)72-23-17-39(18-24-72)71(9)65(20-21-65)37-16-22-73(28-37)61-43(68)27-40-54(79)41(63(84)85)29-74(60(40)70-61)44-15-14-38(66)26-42(44)67/h11-15,19,25-27,29-30,32-34,37,39,45,51-52,57,76-78H,16-18,20-24,28H2,1-10H3,(H,69,83)(H,84,85)/t30-,32+,33+,34+,37?,45-,51-,52+,57+,64-/m0/s1. The SMILES string of the molecule is CO[C@H]1C=CO[C@@]2(C)Oc3c(C)c(O)c4c(c3C2=O)C(=O)C(N2CCC(N(C)C3(C5CCN(c6nc7c(cc6F)c(=O)c(C(=O)O)cn7-c6ccc(F)cc6F)C5)CC3)CC2)=C(NC(=O)C(C)=CC=C[C@H](C)[C@H](O)[C@@H](C)[C@@H](O)[C@@H](C)[C@H](OC(C)=O)[C@@H]1C)C4=O. The molecule has 7 aliphatic rings. The highest BCUT2D eigenvalue weighted by molar-refractivity contribution is 6.32. The minimum absolute atomic E-state index is 0.0366. The maximum Gasteiger partial charge on any atom is 0.341 e. The number of aliphatic hydroxyl groups is 2. The van der Waals surface area contributed by atoms with Crippen LogP contribution in [0, 0.1) is 54.0 Å². The molecule has 4 aromatic rings. The number of nitrogens with one attached hydrogen (secondary N) is 1. The van der Waals surface area contributed by atoms with Crippen LogP contribution in [0.3, 0.4) is 0 Å². The number of benzene rings is 2. The van der Waals surface area contributed by atoms with Gasteiger partial charge in [-0.25, -0.2) is 22.9 Å². The van der Waals surface area contributed by atoms with E-state index in [1.54, 1.807) is 49.6 Å². The molecule has 0 spiro atoms. The fourth-order valence-corrected chi connectivity index (χ4v) is 13.8. The van der Waals surface area contributed by atoms with Gasteiger partial charge in [0.25, 0.3) is 11.7 Å².